The summed E-state index contributed by atoms with van der Waals surface area (Å²) in [4.78, 5) is 11.2. The molecule has 0 saturated carbocycles. The number of benzene rings is 1. The van der Waals surface area contributed by atoms with Gasteiger partial charge in [0.15, 0.2) is 5.43 Å². The summed E-state index contributed by atoms with van der Waals surface area (Å²) in [6.07, 6.45) is 1.16. The molecule has 0 bridgehead atoms. The van der Waals surface area contributed by atoms with E-state index in [4.69, 9.17) is 4.42 Å². The van der Waals surface area contributed by atoms with E-state index in [-0.39, 0.29) is 62.4 Å². The first-order chi connectivity index (χ1) is 6.98. The maximum absolute atomic E-state index is 12.4. The van der Waals surface area contributed by atoms with E-state index in [0.717, 1.165) is 30.5 Å². The molecule has 1 heterocycles. The normalized spacial score (nSPS) is 11.2. The Balaban J connectivity index is 0.00000128. The molecule has 0 radical (unpaired) electrons. The van der Waals surface area contributed by atoms with Crippen molar-refractivity contribution in [3.63, 3.8) is 0 Å². The minimum absolute atomic E-state index is 0. The van der Waals surface area contributed by atoms with Gasteiger partial charge in [0.25, 0.3) is 0 Å². The van der Waals surface area contributed by atoms with Gasteiger partial charge in [-0.25, -0.2) is 0 Å². The van der Waals surface area contributed by atoms with E-state index in [1.54, 1.807) is 0 Å². The first-order valence-electron chi connectivity index (χ1n) is 4.20. The minimum atomic E-state index is -5.08. The van der Waals surface area contributed by atoms with Crippen molar-refractivity contribution in [2.24, 2.45) is 0 Å². The van der Waals surface area contributed by atoms with E-state index in [1.165, 1.54) is 0 Å². The van der Waals surface area contributed by atoms with Gasteiger partial charge in [-0.1, -0.05) is 12.1 Å². The average Bonchev–Trinajstić information content (AvgIpc) is 2.16. The van der Waals surface area contributed by atoms with Gasteiger partial charge >= 0.3 is 58.4 Å². The zero-order valence-corrected chi connectivity index (χ0v) is 11.5. The first-order valence-corrected chi connectivity index (χ1v) is 4.20. The third-order valence-corrected chi connectivity index (χ3v) is 2.06. The molecule has 1 aromatic heterocycles. The minimum Gasteiger partial charge on any atom is -0.464 e. The van der Waals surface area contributed by atoms with Crippen LogP contribution in [0.5, 0.6) is 0 Å². The molecular weight excluding hydrogens is 247 g/mol. The smallest absolute Gasteiger partial charge is 0.464 e. The van der Waals surface area contributed by atoms with Crippen LogP contribution in [0.15, 0.2) is 39.7 Å². The van der Waals surface area contributed by atoms with Crippen LogP contribution in [-0.4, -0.2) is 6.98 Å². The van der Waals surface area contributed by atoms with E-state index in [9.17, 15) is 17.7 Å². The monoisotopic (exact) mass is 252 g/mol. The Labute approximate surface area is 131 Å². The van der Waals surface area contributed by atoms with Gasteiger partial charge in [-0.15, -0.1) is 5.46 Å². The summed E-state index contributed by atoms with van der Waals surface area (Å²) in [5.74, 6) is 0. The Kier molecular flexibility index (Phi) is 4.42. The van der Waals surface area contributed by atoms with Crippen molar-refractivity contribution >= 4 is 23.4 Å². The molecule has 1 aromatic carbocycles. The van der Waals surface area contributed by atoms with Gasteiger partial charge in [-0.05, 0) is 6.07 Å². The van der Waals surface area contributed by atoms with Crippen molar-refractivity contribution in [1.82, 2.24) is 0 Å². The van der Waals surface area contributed by atoms with Crippen LogP contribution in [0, 0.1) is 0 Å². The third-order valence-electron chi connectivity index (χ3n) is 2.06. The summed E-state index contributed by atoms with van der Waals surface area (Å²) in [5.41, 5.74) is -1.11. The van der Waals surface area contributed by atoms with Gasteiger partial charge in [-0.2, -0.15) is 0 Å². The summed E-state index contributed by atoms with van der Waals surface area (Å²) in [6.45, 7) is -5.08. The van der Waals surface area contributed by atoms with E-state index < -0.39 is 17.9 Å². The van der Waals surface area contributed by atoms with Gasteiger partial charge < -0.3 is 17.4 Å². The van der Waals surface area contributed by atoms with E-state index in [1.807, 2.05) is 0 Å². The Hall–Kier alpha value is -0.0787. The summed E-state index contributed by atoms with van der Waals surface area (Å²) in [7, 11) is 0. The number of rotatable bonds is 1. The molecular formula is C9H5BF3KO2. The van der Waals surface area contributed by atoms with Crippen LogP contribution in [0.25, 0.3) is 11.0 Å². The fourth-order valence-corrected chi connectivity index (χ4v) is 1.31. The zero-order valence-electron chi connectivity index (χ0n) is 8.41. The average molecular weight is 252 g/mol. The molecule has 0 fully saturated rings. The van der Waals surface area contributed by atoms with Crippen molar-refractivity contribution < 1.29 is 68.7 Å². The number of hydrogen-bond acceptors (Lipinski definition) is 2. The fourth-order valence-electron chi connectivity index (χ4n) is 1.31. The van der Waals surface area contributed by atoms with Crippen LogP contribution in [-0.2, 0) is 0 Å². The zero-order chi connectivity index (χ0) is 11.1. The Morgan fingerprint density at radius 3 is 2.44 bits per heavy atom. The molecule has 7 heteroatoms. The van der Waals surface area contributed by atoms with Crippen LogP contribution in [0.4, 0.5) is 12.9 Å². The van der Waals surface area contributed by atoms with E-state index in [2.05, 4.69) is 0 Å². The molecule has 2 rings (SSSR count). The standard InChI is InChI=1S/C9H5BF3O2.K/c11-10(12,13)6-1-2-9-7(5-6)8(14)3-4-15-9;/h1-5H;/q-1;+1. The van der Waals surface area contributed by atoms with Crippen LogP contribution in [0.3, 0.4) is 0 Å². The molecule has 0 N–H and O–H groups in total. The predicted molar refractivity (Wildman–Crippen MR) is 51.2 cm³/mol. The second kappa shape index (κ2) is 5.05. The molecule has 0 unspecified atom stereocenters. The van der Waals surface area contributed by atoms with Gasteiger partial charge in [0.05, 0.1) is 11.6 Å². The molecule has 0 atom stereocenters. The number of fused-ring (bicyclic) bond motifs is 1. The van der Waals surface area contributed by atoms with Gasteiger partial charge in [0.2, 0.25) is 0 Å². The number of halogens is 3. The molecule has 0 saturated heterocycles. The Bertz CT molecular complexity index is 564. The first kappa shape index (κ1) is 14.0. The fraction of sp³-hybridized carbons (Fsp3) is 0. The summed E-state index contributed by atoms with van der Waals surface area (Å²) in [6, 6.07) is 3.98. The predicted octanol–water partition coefficient (Wildman–Crippen LogP) is -1.15. The maximum atomic E-state index is 12.4. The molecule has 2 nitrogen and oxygen atoms in total. The topological polar surface area (TPSA) is 30.2 Å². The summed E-state index contributed by atoms with van der Waals surface area (Å²) < 4.78 is 42.0. The molecule has 0 spiro atoms. The quantitative estimate of drug-likeness (QED) is 0.600. The summed E-state index contributed by atoms with van der Waals surface area (Å²) >= 11 is 0. The van der Waals surface area contributed by atoms with Crippen molar-refractivity contribution in [3.8, 4) is 0 Å². The van der Waals surface area contributed by atoms with Crippen LogP contribution in [0.2, 0.25) is 0 Å². The van der Waals surface area contributed by atoms with Crippen LogP contribution < -0.4 is 62.3 Å². The molecule has 0 amide bonds. The molecule has 16 heavy (non-hydrogen) atoms. The second-order valence-corrected chi connectivity index (χ2v) is 3.12. The van der Waals surface area contributed by atoms with Crippen molar-refractivity contribution in [3.05, 3.63) is 40.8 Å². The molecule has 0 aliphatic rings. The third kappa shape index (κ3) is 2.78. The van der Waals surface area contributed by atoms with Crippen molar-refractivity contribution in [1.29, 1.82) is 0 Å². The molecule has 2 aromatic rings. The largest absolute Gasteiger partial charge is 1.00 e. The maximum Gasteiger partial charge on any atom is 1.00 e. The van der Waals surface area contributed by atoms with Gasteiger partial charge in [0, 0.05) is 6.07 Å². The molecule has 0 aliphatic heterocycles. The van der Waals surface area contributed by atoms with Crippen LogP contribution in [0.1, 0.15) is 0 Å². The Morgan fingerprint density at radius 2 is 1.81 bits per heavy atom. The number of hydrogen-bond donors (Lipinski definition) is 0. The molecule has 78 valence electrons. The van der Waals surface area contributed by atoms with E-state index >= 15 is 0 Å². The Morgan fingerprint density at radius 1 is 1.12 bits per heavy atom. The van der Waals surface area contributed by atoms with Gasteiger partial charge in [-0.3, -0.25) is 4.79 Å². The molecule has 0 aliphatic carbocycles. The van der Waals surface area contributed by atoms with Crippen LogP contribution >= 0.6 is 0 Å². The van der Waals surface area contributed by atoms with Crippen molar-refractivity contribution in [2.75, 3.05) is 0 Å². The summed E-state index contributed by atoms with van der Waals surface area (Å²) in [5, 5.41) is -0.0470. The SMILES string of the molecule is O=c1ccoc2ccc([B-](F)(F)F)cc12.[K+]. The van der Waals surface area contributed by atoms with E-state index in [0.29, 0.717) is 0 Å². The van der Waals surface area contributed by atoms with Crippen molar-refractivity contribution in [2.45, 2.75) is 0 Å². The second-order valence-electron chi connectivity index (χ2n) is 3.12. The van der Waals surface area contributed by atoms with Gasteiger partial charge in [0.1, 0.15) is 5.58 Å².